The molecule has 1 unspecified atom stereocenters. The lowest BCUT2D eigenvalue weighted by molar-refractivity contribution is -0.116. The van der Waals surface area contributed by atoms with Crippen LogP contribution >= 0.6 is 11.3 Å². The summed E-state index contributed by atoms with van der Waals surface area (Å²) in [6.07, 6.45) is 0.304. The smallest absolute Gasteiger partial charge is 0.227 e. The second kappa shape index (κ2) is 6.15. The zero-order chi connectivity index (χ0) is 14.7. The van der Waals surface area contributed by atoms with Gasteiger partial charge < -0.3 is 11.1 Å². The Morgan fingerprint density at radius 2 is 2.15 bits per heavy atom. The molecule has 0 saturated heterocycles. The highest BCUT2D eigenvalue weighted by Crippen LogP contribution is 2.26. The maximum absolute atomic E-state index is 11.6. The van der Waals surface area contributed by atoms with Crippen LogP contribution in [0.3, 0.4) is 0 Å². The summed E-state index contributed by atoms with van der Waals surface area (Å²) < 4.78 is 0. The van der Waals surface area contributed by atoms with E-state index in [9.17, 15) is 4.79 Å². The quantitative estimate of drug-likeness (QED) is 0.908. The molecule has 3 N–H and O–H groups in total. The van der Waals surface area contributed by atoms with Crippen molar-refractivity contribution in [3.8, 4) is 11.3 Å². The molecule has 1 amide bonds. The Morgan fingerprint density at radius 1 is 1.40 bits per heavy atom. The standard InChI is InChI=1S/C15H19N3OS/c1-9-4-5-12(6-10(9)2)13-8-20-15(17-13)18-14(19)7-11(3)16/h4-6,8,11H,7,16H2,1-3H3,(H,17,18,19). The molecule has 0 aliphatic carbocycles. The van der Waals surface area contributed by atoms with E-state index in [-0.39, 0.29) is 11.9 Å². The fraction of sp³-hybridized carbons (Fsp3) is 0.333. The molecule has 1 aromatic carbocycles. The summed E-state index contributed by atoms with van der Waals surface area (Å²) in [6.45, 7) is 5.97. The molecule has 1 aromatic heterocycles. The van der Waals surface area contributed by atoms with Gasteiger partial charge in [0.2, 0.25) is 5.91 Å². The number of nitrogens with zero attached hydrogens (tertiary/aromatic N) is 1. The predicted molar refractivity (Wildman–Crippen MR) is 83.9 cm³/mol. The fourth-order valence-electron chi connectivity index (χ4n) is 1.83. The van der Waals surface area contributed by atoms with Gasteiger partial charge in [0.1, 0.15) is 0 Å². The van der Waals surface area contributed by atoms with Gasteiger partial charge in [0.15, 0.2) is 5.13 Å². The first-order chi connectivity index (χ1) is 9.45. The highest BCUT2D eigenvalue weighted by atomic mass is 32.1. The van der Waals surface area contributed by atoms with Gasteiger partial charge in [-0.05, 0) is 38.0 Å². The maximum Gasteiger partial charge on any atom is 0.227 e. The SMILES string of the molecule is Cc1ccc(-c2csc(NC(=O)CC(C)N)n2)cc1C. The molecular weight excluding hydrogens is 270 g/mol. The molecule has 0 spiro atoms. The Labute approximate surface area is 123 Å². The van der Waals surface area contributed by atoms with E-state index in [0.29, 0.717) is 11.6 Å². The van der Waals surface area contributed by atoms with Crippen molar-refractivity contribution in [3.05, 3.63) is 34.7 Å². The lowest BCUT2D eigenvalue weighted by atomic mass is 10.1. The zero-order valence-electron chi connectivity index (χ0n) is 11.9. The van der Waals surface area contributed by atoms with Gasteiger partial charge in [-0.2, -0.15) is 0 Å². The van der Waals surface area contributed by atoms with Crippen molar-refractivity contribution in [1.82, 2.24) is 4.98 Å². The number of nitrogens with two attached hydrogens (primary N) is 1. The Bertz CT molecular complexity index is 619. The summed E-state index contributed by atoms with van der Waals surface area (Å²) in [5.41, 5.74) is 10.0. The second-order valence-electron chi connectivity index (χ2n) is 5.07. The van der Waals surface area contributed by atoms with Gasteiger partial charge in [-0.25, -0.2) is 4.98 Å². The third kappa shape index (κ3) is 3.65. The van der Waals surface area contributed by atoms with E-state index < -0.39 is 0 Å². The molecule has 0 saturated carbocycles. The van der Waals surface area contributed by atoms with E-state index >= 15 is 0 Å². The van der Waals surface area contributed by atoms with Crippen LogP contribution in [0.2, 0.25) is 0 Å². The summed E-state index contributed by atoms with van der Waals surface area (Å²) in [5.74, 6) is -0.0963. The summed E-state index contributed by atoms with van der Waals surface area (Å²) >= 11 is 1.43. The molecule has 2 rings (SSSR count). The van der Waals surface area contributed by atoms with Crippen LogP contribution in [0.4, 0.5) is 5.13 Å². The molecule has 106 valence electrons. The number of carbonyl (C=O) groups excluding carboxylic acids is 1. The van der Waals surface area contributed by atoms with Gasteiger partial charge in [-0.3, -0.25) is 4.79 Å². The largest absolute Gasteiger partial charge is 0.327 e. The van der Waals surface area contributed by atoms with Crippen molar-refractivity contribution in [3.63, 3.8) is 0 Å². The fourth-order valence-corrected chi connectivity index (χ4v) is 2.56. The molecule has 0 fully saturated rings. The molecule has 0 bridgehead atoms. The van der Waals surface area contributed by atoms with Gasteiger partial charge in [-0.15, -0.1) is 11.3 Å². The molecule has 1 heterocycles. The summed E-state index contributed by atoms with van der Waals surface area (Å²) in [4.78, 5) is 16.1. The molecule has 5 heteroatoms. The number of carbonyl (C=O) groups is 1. The van der Waals surface area contributed by atoms with Crippen LogP contribution in [0.15, 0.2) is 23.6 Å². The number of aromatic nitrogens is 1. The Kier molecular flexibility index (Phi) is 4.52. The van der Waals surface area contributed by atoms with Gasteiger partial charge in [-0.1, -0.05) is 12.1 Å². The number of hydrogen-bond donors (Lipinski definition) is 2. The highest BCUT2D eigenvalue weighted by molar-refractivity contribution is 7.14. The third-order valence-corrected chi connectivity index (χ3v) is 3.82. The molecular formula is C15H19N3OS. The molecule has 2 aromatic rings. The molecule has 1 atom stereocenters. The molecule has 20 heavy (non-hydrogen) atoms. The number of nitrogens with one attached hydrogen (secondary N) is 1. The summed E-state index contributed by atoms with van der Waals surface area (Å²) in [6, 6.07) is 6.09. The van der Waals surface area contributed by atoms with Crippen LogP contribution in [0.5, 0.6) is 0 Å². The van der Waals surface area contributed by atoms with Crippen LogP contribution in [-0.4, -0.2) is 16.9 Å². The summed E-state index contributed by atoms with van der Waals surface area (Å²) in [5, 5.41) is 5.34. The monoisotopic (exact) mass is 289 g/mol. The third-order valence-electron chi connectivity index (χ3n) is 3.06. The van der Waals surface area contributed by atoms with Crippen LogP contribution in [0.25, 0.3) is 11.3 Å². The van der Waals surface area contributed by atoms with E-state index in [4.69, 9.17) is 5.73 Å². The van der Waals surface area contributed by atoms with Gasteiger partial charge in [0.25, 0.3) is 0 Å². The van der Waals surface area contributed by atoms with E-state index in [0.717, 1.165) is 11.3 Å². The molecule has 0 radical (unpaired) electrons. The van der Waals surface area contributed by atoms with Crippen LogP contribution < -0.4 is 11.1 Å². The number of hydrogen-bond acceptors (Lipinski definition) is 4. The van der Waals surface area contributed by atoms with E-state index in [2.05, 4.69) is 36.3 Å². The van der Waals surface area contributed by atoms with Crippen molar-refractivity contribution in [1.29, 1.82) is 0 Å². The van der Waals surface area contributed by atoms with E-state index in [1.165, 1.54) is 22.5 Å². The zero-order valence-corrected chi connectivity index (χ0v) is 12.8. The summed E-state index contributed by atoms with van der Waals surface area (Å²) in [7, 11) is 0. The number of aryl methyl sites for hydroxylation is 2. The van der Waals surface area contributed by atoms with Crippen molar-refractivity contribution in [2.75, 3.05) is 5.32 Å². The number of rotatable bonds is 4. The van der Waals surface area contributed by atoms with Crippen LogP contribution in [-0.2, 0) is 4.79 Å². The Balaban J connectivity index is 2.12. The molecule has 0 aliphatic rings. The minimum absolute atomic E-state index is 0.0963. The number of amides is 1. The maximum atomic E-state index is 11.6. The van der Waals surface area contributed by atoms with Crippen molar-refractivity contribution in [2.24, 2.45) is 5.73 Å². The topological polar surface area (TPSA) is 68.0 Å². The number of benzene rings is 1. The Morgan fingerprint density at radius 3 is 2.80 bits per heavy atom. The second-order valence-corrected chi connectivity index (χ2v) is 5.92. The van der Waals surface area contributed by atoms with E-state index in [1.807, 2.05) is 18.4 Å². The van der Waals surface area contributed by atoms with Crippen LogP contribution in [0, 0.1) is 13.8 Å². The Hall–Kier alpha value is -1.72. The average molecular weight is 289 g/mol. The van der Waals surface area contributed by atoms with Gasteiger partial charge in [0, 0.05) is 23.4 Å². The normalized spacial score (nSPS) is 12.2. The van der Waals surface area contributed by atoms with Gasteiger partial charge in [0.05, 0.1) is 5.69 Å². The van der Waals surface area contributed by atoms with Crippen molar-refractivity contribution in [2.45, 2.75) is 33.2 Å². The first-order valence-electron chi connectivity index (χ1n) is 6.54. The molecule has 4 nitrogen and oxygen atoms in total. The average Bonchev–Trinajstić information content (AvgIpc) is 2.80. The van der Waals surface area contributed by atoms with Crippen molar-refractivity contribution >= 4 is 22.4 Å². The number of anilines is 1. The van der Waals surface area contributed by atoms with Crippen molar-refractivity contribution < 1.29 is 4.79 Å². The lowest BCUT2D eigenvalue weighted by Gasteiger charge is -2.04. The minimum atomic E-state index is -0.144. The highest BCUT2D eigenvalue weighted by Gasteiger charge is 2.10. The first kappa shape index (κ1) is 14.7. The molecule has 0 aliphatic heterocycles. The lowest BCUT2D eigenvalue weighted by Crippen LogP contribution is -2.23. The van der Waals surface area contributed by atoms with E-state index in [1.54, 1.807) is 0 Å². The first-order valence-corrected chi connectivity index (χ1v) is 7.42. The van der Waals surface area contributed by atoms with Crippen LogP contribution in [0.1, 0.15) is 24.5 Å². The van der Waals surface area contributed by atoms with Gasteiger partial charge >= 0.3 is 0 Å². The predicted octanol–water partition coefficient (Wildman–Crippen LogP) is 3.10. The number of thiazole rings is 1. The minimum Gasteiger partial charge on any atom is -0.327 e.